The van der Waals surface area contributed by atoms with Gasteiger partial charge in [-0.2, -0.15) is 5.10 Å². The van der Waals surface area contributed by atoms with Crippen LogP contribution < -0.4 is 10.6 Å². The van der Waals surface area contributed by atoms with Gasteiger partial charge in [-0.3, -0.25) is 4.99 Å². The average molecular weight is 494 g/mol. The van der Waals surface area contributed by atoms with E-state index < -0.39 is 0 Å². The number of nitrogens with zero attached hydrogens (tertiary/aromatic N) is 4. The minimum Gasteiger partial charge on any atom is -0.461 e. The van der Waals surface area contributed by atoms with Crippen molar-refractivity contribution in [1.82, 2.24) is 25.4 Å². The number of hydrogen-bond acceptors (Lipinski definition) is 4. The summed E-state index contributed by atoms with van der Waals surface area (Å²) in [5, 5.41) is 12.6. The topological polar surface area (TPSA) is 80.3 Å². The van der Waals surface area contributed by atoms with E-state index in [4.69, 9.17) is 4.42 Å². The quantitative estimate of drug-likeness (QED) is 0.324. The Bertz CT molecular complexity index is 914. The van der Waals surface area contributed by atoms with Gasteiger partial charge in [0.05, 0.1) is 6.54 Å². The van der Waals surface area contributed by atoms with E-state index in [1.54, 1.807) is 7.05 Å². The van der Waals surface area contributed by atoms with Crippen LogP contribution in [0.4, 0.5) is 0 Å². The van der Waals surface area contributed by atoms with Gasteiger partial charge in [0.1, 0.15) is 17.2 Å². The third kappa shape index (κ3) is 4.65. The van der Waals surface area contributed by atoms with E-state index in [0.717, 1.165) is 73.1 Å². The largest absolute Gasteiger partial charge is 0.461 e. The molecule has 8 heteroatoms. The van der Waals surface area contributed by atoms with Crippen LogP contribution in [0.15, 0.2) is 39.7 Å². The minimum atomic E-state index is 0. The maximum Gasteiger partial charge on any atom is 0.191 e. The van der Waals surface area contributed by atoms with E-state index >= 15 is 0 Å². The van der Waals surface area contributed by atoms with Gasteiger partial charge in [0.15, 0.2) is 11.8 Å². The molecular formula is C20H27IN6O. The number of aliphatic imine (C=N–C) groups is 1. The smallest absolute Gasteiger partial charge is 0.191 e. The molecule has 7 nitrogen and oxygen atoms in total. The fourth-order valence-corrected chi connectivity index (χ4v) is 3.48. The Labute approximate surface area is 182 Å². The van der Waals surface area contributed by atoms with Gasteiger partial charge in [-0.25, -0.2) is 9.67 Å². The molecule has 2 aromatic heterocycles. The molecule has 1 atom stereocenters. The molecule has 0 fully saturated rings. The Morgan fingerprint density at radius 3 is 3.00 bits per heavy atom. The van der Waals surface area contributed by atoms with Gasteiger partial charge in [0.2, 0.25) is 0 Å². The van der Waals surface area contributed by atoms with Gasteiger partial charge >= 0.3 is 0 Å². The highest BCUT2D eigenvalue weighted by Crippen LogP contribution is 2.18. The molecule has 0 saturated carbocycles. The molecule has 150 valence electrons. The second kappa shape index (κ2) is 9.40. The number of aryl methyl sites for hydroxylation is 2. The van der Waals surface area contributed by atoms with Crippen LogP contribution in [0, 0.1) is 0 Å². The Hall–Kier alpha value is -2.10. The zero-order chi connectivity index (χ0) is 18.6. The lowest BCUT2D eigenvalue weighted by molar-refractivity contribution is 0.392. The first-order valence-corrected chi connectivity index (χ1v) is 9.62. The third-order valence-corrected chi connectivity index (χ3v) is 4.92. The van der Waals surface area contributed by atoms with E-state index in [1.807, 2.05) is 22.9 Å². The molecule has 1 aromatic carbocycles. The lowest BCUT2D eigenvalue weighted by Crippen LogP contribution is -2.47. The fraction of sp³-hybridized carbons (Fsp3) is 0.450. The van der Waals surface area contributed by atoms with Crippen LogP contribution in [0.5, 0.6) is 0 Å². The molecule has 4 rings (SSSR count). The molecule has 0 aliphatic carbocycles. The summed E-state index contributed by atoms with van der Waals surface area (Å²) >= 11 is 0. The first-order valence-electron chi connectivity index (χ1n) is 9.62. The van der Waals surface area contributed by atoms with Crippen LogP contribution in [0.1, 0.15) is 30.8 Å². The SMILES string of the molecule is CCc1nc2n(n1)CC(NC(=NC)NCCc1cc3ccccc3o1)CC2.I. The Morgan fingerprint density at radius 2 is 2.21 bits per heavy atom. The van der Waals surface area contributed by atoms with Crippen molar-refractivity contribution in [3.63, 3.8) is 0 Å². The minimum absolute atomic E-state index is 0. The van der Waals surface area contributed by atoms with Gasteiger partial charge in [-0.1, -0.05) is 25.1 Å². The molecule has 3 heterocycles. The van der Waals surface area contributed by atoms with E-state index in [-0.39, 0.29) is 24.0 Å². The van der Waals surface area contributed by atoms with Crippen molar-refractivity contribution in [2.45, 2.75) is 45.2 Å². The van der Waals surface area contributed by atoms with Gasteiger partial charge < -0.3 is 15.1 Å². The zero-order valence-corrected chi connectivity index (χ0v) is 18.6. The Morgan fingerprint density at radius 1 is 1.36 bits per heavy atom. The number of guanidine groups is 1. The first kappa shape index (κ1) is 20.6. The predicted octanol–water partition coefficient (Wildman–Crippen LogP) is 2.93. The number of benzene rings is 1. The standard InChI is InChI=1S/C20H26N6O.HI/c1-3-18-24-19-9-8-15(13-26(19)25-18)23-20(21-2)22-11-10-16-12-14-6-4-5-7-17(14)27-16;/h4-7,12,15H,3,8-11,13H2,1-2H3,(H2,21,22,23);1H. The van der Waals surface area contributed by atoms with Crippen molar-refractivity contribution in [3.05, 3.63) is 47.7 Å². The highest BCUT2D eigenvalue weighted by molar-refractivity contribution is 14.0. The van der Waals surface area contributed by atoms with Gasteiger partial charge in [-0.05, 0) is 18.6 Å². The predicted molar refractivity (Wildman–Crippen MR) is 121 cm³/mol. The summed E-state index contributed by atoms with van der Waals surface area (Å²) in [5.74, 6) is 3.82. The summed E-state index contributed by atoms with van der Waals surface area (Å²) < 4.78 is 7.90. The van der Waals surface area contributed by atoms with Crippen molar-refractivity contribution in [3.8, 4) is 0 Å². The monoisotopic (exact) mass is 494 g/mol. The number of hydrogen-bond donors (Lipinski definition) is 2. The van der Waals surface area contributed by atoms with Crippen molar-refractivity contribution in [1.29, 1.82) is 0 Å². The highest BCUT2D eigenvalue weighted by Gasteiger charge is 2.22. The lowest BCUT2D eigenvalue weighted by atomic mass is 10.1. The van der Waals surface area contributed by atoms with Crippen molar-refractivity contribution in [2.24, 2.45) is 4.99 Å². The number of nitrogens with one attached hydrogen (secondary N) is 2. The van der Waals surface area contributed by atoms with Crippen LogP contribution in [0.25, 0.3) is 11.0 Å². The van der Waals surface area contributed by atoms with Crippen LogP contribution in [-0.2, 0) is 25.8 Å². The third-order valence-electron chi connectivity index (χ3n) is 4.92. The van der Waals surface area contributed by atoms with Crippen LogP contribution in [-0.4, -0.2) is 40.4 Å². The summed E-state index contributed by atoms with van der Waals surface area (Å²) in [6, 6.07) is 10.5. The summed E-state index contributed by atoms with van der Waals surface area (Å²) in [5.41, 5.74) is 0.937. The second-order valence-corrected chi connectivity index (χ2v) is 6.86. The number of para-hydroxylation sites is 1. The summed E-state index contributed by atoms with van der Waals surface area (Å²) in [6.45, 7) is 3.68. The molecule has 1 aliphatic rings. The maximum absolute atomic E-state index is 5.87. The molecule has 1 aliphatic heterocycles. The van der Waals surface area contributed by atoms with Crippen molar-refractivity contribution in [2.75, 3.05) is 13.6 Å². The van der Waals surface area contributed by atoms with Crippen molar-refractivity contribution >= 4 is 40.9 Å². The van der Waals surface area contributed by atoms with Crippen LogP contribution in [0.2, 0.25) is 0 Å². The molecule has 0 saturated heterocycles. The van der Waals surface area contributed by atoms with E-state index in [1.165, 1.54) is 0 Å². The molecule has 0 amide bonds. The van der Waals surface area contributed by atoms with Crippen LogP contribution in [0.3, 0.4) is 0 Å². The van der Waals surface area contributed by atoms with E-state index in [0.29, 0.717) is 6.04 Å². The molecule has 0 spiro atoms. The summed E-state index contributed by atoms with van der Waals surface area (Å²) in [7, 11) is 1.80. The maximum atomic E-state index is 5.87. The summed E-state index contributed by atoms with van der Waals surface area (Å²) in [4.78, 5) is 8.92. The molecular weight excluding hydrogens is 467 g/mol. The normalized spacial score (nSPS) is 16.5. The Kier molecular flexibility index (Phi) is 6.93. The first-order chi connectivity index (χ1) is 13.2. The van der Waals surface area contributed by atoms with Gasteiger partial charge in [0.25, 0.3) is 0 Å². The molecule has 1 unspecified atom stereocenters. The molecule has 0 radical (unpaired) electrons. The van der Waals surface area contributed by atoms with Gasteiger partial charge in [-0.15, -0.1) is 24.0 Å². The molecule has 0 bridgehead atoms. The molecule has 3 aromatic rings. The molecule has 2 N–H and O–H groups in total. The van der Waals surface area contributed by atoms with E-state index in [2.05, 4.69) is 44.8 Å². The highest BCUT2D eigenvalue weighted by atomic mass is 127. The molecule has 28 heavy (non-hydrogen) atoms. The number of rotatable bonds is 5. The summed E-state index contributed by atoms with van der Waals surface area (Å²) in [6.07, 6.45) is 3.67. The second-order valence-electron chi connectivity index (χ2n) is 6.86. The number of aromatic nitrogens is 3. The average Bonchev–Trinajstić information content (AvgIpc) is 3.29. The lowest BCUT2D eigenvalue weighted by Gasteiger charge is -2.25. The van der Waals surface area contributed by atoms with Gasteiger partial charge in [0, 0.05) is 44.3 Å². The fourth-order valence-electron chi connectivity index (χ4n) is 3.48. The Balaban J connectivity index is 0.00000225. The zero-order valence-electron chi connectivity index (χ0n) is 16.3. The number of fused-ring (bicyclic) bond motifs is 2. The number of halogens is 1. The van der Waals surface area contributed by atoms with Crippen molar-refractivity contribution < 1.29 is 4.42 Å². The van der Waals surface area contributed by atoms with Crippen LogP contribution >= 0.6 is 24.0 Å². The number of furan rings is 1. The van der Waals surface area contributed by atoms with E-state index in [9.17, 15) is 0 Å².